The van der Waals surface area contributed by atoms with Crippen molar-refractivity contribution in [1.29, 1.82) is 0 Å². The van der Waals surface area contributed by atoms with Crippen LogP contribution in [0.5, 0.6) is 0 Å². The lowest BCUT2D eigenvalue weighted by molar-refractivity contribution is 0.0262. The topological polar surface area (TPSA) is 54.7 Å². The first-order valence-corrected chi connectivity index (χ1v) is 7.82. The predicted molar refractivity (Wildman–Crippen MR) is 86.6 cm³/mol. The third-order valence-electron chi connectivity index (χ3n) is 2.52. The minimum absolute atomic E-state index is 0.269. The van der Waals surface area contributed by atoms with E-state index in [1.54, 1.807) is 4.90 Å². The van der Waals surface area contributed by atoms with Gasteiger partial charge in [-0.05, 0) is 62.4 Å². The highest BCUT2D eigenvalue weighted by atomic mass is 127. The maximum absolute atomic E-state index is 11.9. The molecule has 0 saturated heterocycles. The molecule has 20 heavy (non-hydrogen) atoms. The van der Waals surface area contributed by atoms with Crippen LogP contribution in [-0.2, 0) is 11.3 Å². The third kappa shape index (κ3) is 6.60. The van der Waals surface area contributed by atoms with Crippen LogP contribution in [0, 0.1) is 3.77 Å². The normalized spacial score (nSPS) is 11.4. The van der Waals surface area contributed by atoms with Crippen LogP contribution in [0.25, 0.3) is 0 Å². The van der Waals surface area contributed by atoms with E-state index in [0.29, 0.717) is 26.2 Å². The summed E-state index contributed by atoms with van der Waals surface area (Å²) in [6.07, 6.45) is -0.269. The van der Waals surface area contributed by atoms with Crippen LogP contribution in [0.2, 0.25) is 0 Å². The van der Waals surface area contributed by atoms with Crippen LogP contribution < -0.4 is 5.32 Å². The van der Waals surface area contributed by atoms with Gasteiger partial charge in [-0.25, -0.2) is 4.79 Å². The zero-order chi connectivity index (χ0) is 15.2. The monoisotopic (exact) mass is 394 g/mol. The molecule has 0 fully saturated rings. The molecule has 0 atom stereocenters. The Bertz CT molecular complexity index is 426. The van der Waals surface area contributed by atoms with E-state index in [0.717, 1.165) is 9.53 Å². The summed E-state index contributed by atoms with van der Waals surface area (Å²) in [5.74, 6) is 0.898. The molecule has 1 aromatic rings. The zero-order valence-corrected chi connectivity index (χ0v) is 14.7. The van der Waals surface area contributed by atoms with Gasteiger partial charge in [0.05, 0.1) is 6.54 Å². The minimum atomic E-state index is -0.456. The number of ether oxygens (including phenoxy) is 1. The van der Waals surface area contributed by atoms with Crippen molar-refractivity contribution in [3.8, 4) is 0 Å². The second-order valence-corrected chi connectivity index (χ2v) is 6.51. The molecule has 0 aliphatic heterocycles. The van der Waals surface area contributed by atoms with Crippen LogP contribution in [0.1, 0.15) is 33.5 Å². The number of nitrogens with zero attached hydrogens (tertiary/aromatic N) is 1. The van der Waals surface area contributed by atoms with Gasteiger partial charge in [-0.2, -0.15) is 0 Å². The van der Waals surface area contributed by atoms with Crippen molar-refractivity contribution in [2.75, 3.05) is 19.6 Å². The molecule has 0 spiro atoms. The molecule has 0 saturated carbocycles. The first kappa shape index (κ1) is 17.3. The molecule has 6 heteroatoms. The SMILES string of the molecule is CCN(CCNCc1ccc(I)o1)C(=O)OC(C)(C)C. The van der Waals surface area contributed by atoms with E-state index in [1.807, 2.05) is 39.8 Å². The standard InChI is InChI=1S/C14H23IN2O3/c1-5-17(13(18)20-14(2,3)4)9-8-16-10-11-6-7-12(15)19-11/h6-7,16H,5,8-10H2,1-4H3. The van der Waals surface area contributed by atoms with Crippen LogP contribution in [0.4, 0.5) is 4.79 Å². The zero-order valence-electron chi connectivity index (χ0n) is 12.5. The van der Waals surface area contributed by atoms with Crippen LogP contribution >= 0.6 is 22.6 Å². The Hall–Kier alpha value is -0.760. The van der Waals surface area contributed by atoms with Crippen molar-refractivity contribution in [3.63, 3.8) is 0 Å². The Morgan fingerprint density at radius 3 is 2.65 bits per heavy atom. The molecule has 1 amide bonds. The van der Waals surface area contributed by atoms with E-state index in [2.05, 4.69) is 27.9 Å². The molecule has 5 nitrogen and oxygen atoms in total. The first-order chi connectivity index (χ1) is 9.31. The summed E-state index contributed by atoms with van der Waals surface area (Å²) >= 11 is 2.14. The highest BCUT2D eigenvalue weighted by molar-refractivity contribution is 14.1. The number of furan rings is 1. The lowest BCUT2D eigenvalue weighted by Crippen LogP contribution is -2.40. The number of rotatable bonds is 6. The van der Waals surface area contributed by atoms with Crippen LogP contribution in [-0.4, -0.2) is 36.2 Å². The van der Waals surface area contributed by atoms with Crippen LogP contribution in [0.15, 0.2) is 16.5 Å². The highest BCUT2D eigenvalue weighted by Crippen LogP contribution is 2.10. The molecule has 0 aromatic carbocycles. The molecule has 0 radical (unpaired) electrons. The van der Waals surface area contributed by atoms with E-state index >= 15 is 0 Å². The molecule has 1 rings (SSSR count). The summed E-state index contributed by atoms with van der Waals surface area (Å²) in [5, 5.41) is 3.25. The van der Waals surface area contributed by atoms with Crippen molar-refractivity contribution >= 4 is 28.7 Å². The summed E-state index contributed by atoms with van der Waals surface area (Å²) in [7, 11) is 0. The lowest BCUT2D eigenvalue weighted by atomic mass is 10.2. The lowest BCUT2D eigenvalue weighted by Gasteiger charge is -2.26. The summed E-state index contributed by atoms with van der Waals surface area (Å²) in [5.41, 5.74) is -0.456. The van der Waals surface area contributed by atoms with Crippen molar-refractivity contribution in [1.82, 2.24) is 10.2 Å². The quantitative estimate of drug-likeness (QED) is 0.595. The maximum atomic E-state index is 11.9. The fraction of sp³-hybridized carbons (Fsp3) is 0.643. The van der Waals surface area contributed by atoms with Gasteiger partial charge in [0.1, 0.15) is 11.4 Å². The number of halogens is 1. The Labute approximate surface area is 134 Å². The molecule has 1 aromatic heterocycles. The number of amides is 1. The van der Waals surface area contributed by atoms with Gasteiger partial charge in [-0.1, -0.05) is 0 Å². The smallest absolute Gasteiger partial charge is 0.410 e. The Morgan fingerprint density at radius 1 is 1.45 bits per heavy atom. The van der Waals surface area contributed by atoms with Crippen molar-refractivity contribution in [2.45, 2.75) is 39.8 Å². The number of carbonyl (C=O) groups is 1. The van der Waals surface area contributed by atoms with Crippen molar-refractivity contribution < 1.29 is 13.9 Å². The molecule has 0 aliphatic carbocycles. The number of hydrogen-bond acceptors (Lipinski definition) is 4. The Balaban J connectivity index is 2.29. The Morgan fingerprint density at radius 2 is 2.15 bits per heavy atom. The van der Waals surface area contributed by atoms with Gasteiger partial charge in [0.15, 0.2) is 3.77 Å². The minimum Gasteiger partial charge on any atom is -0.454 e. The fourth-order valence-corrected chi connectivity index (χ4v) is 2.04. The van der Waals surface area contributed by atoms with E-state index in [4.69, 9.17) is 9.15 Å². The molecule has 0 aliphatic rings. The number of carbonyl (C=O) groups excluding carboxylic acids is 1. The third-order valence-corrected chi connectivity index (χ3v) is 3.10. The van der Waals surface area contributed by atoms with Crippen molar-refractivity contribution in [2.24, 2.45) is 0 Å². The van der Waals surface area contributed by atoms with E-state index in [-0.39, 0.29) is 6.09 Å². The Kier molecular flexibility index (Phi) is 6.81. The van der Waals surface area contributed by atoms with Gasteiger partial charge >= 0.3 is 6.09 Å². The number of hydrogen-bond donors (Lipinski definition) is 1. The van der Waals surface area contributed by atoms with Gasteiger partial charge in [0.2, 0.25) is 0 Å². The predicted octanol–water partition coefficient (Wildman–Crippen LogP) is 3.23. The fourth-order valence-electron chi connectivity index (χ4n) is 1.58. The molecule has 1 N–H and O–H groups in total. The number of likely N-dealkylation sites (N-methyl/N-ethyl adjacent to an activating group) is 1. The molecule has 0 unspecified atom stereocenters. The summed E-state index contributed by atoms with van der Waals surface area (Å²) in [6.45, 7) is 10.2. The molecule has 0 bridgehead atoms. The van der Waals surface area contributed by atoms with E-state index < -0.39 is 5.60 Å². The second kappa shape index (κ2) is 7.87. The van der Waals surface area contributed by atoms with Gasteiger partial charge in [0.25, 0.3) is 0 Å². The number of nitrogens with one attached hydrogen (secondary N) is 1. The van der Waals surface area contributed by atoms with Crippen molar-refractivity contribution in [3.05, 3.63) is 21.7 Å². The van der Waals surface area contributed by atoms with E-state index in [1.165, 1.54) is 0 Å². The summed E-state index contributed by atoms with van der Waals surface area (Å²) in [4.78, 5) is 13.6. The average Bonchev–Trinajstić information content (AvgIpc) is 2.72. The van der Waals surface area contributed by atoms with Gasteiger partial charge < -0.3 is 19.4 Å². The molecular weight excluding hydrogens is 371 g/mol. The largest absolute Gasteiger partial charge is 0.454 e. The maximum Gasteiger partial charge on any atom is 0.410 e. The van der Waals surface area contributed by atoms with Gasteiger partial charge in [-0.15, -0.1) is 0 Å². The molecule has 114 valence electrons. The highest BCUT2D eigenvalue weighted by Gasteiger charge is 2.20. The second-order valence-electron chi connectivity index (χ2n) is 5.44. The summed E-state index contributed by atoms with van der Waals surface area (Å²) in [6, 6.07) is 3.87. The first-order valence-electron chi connectivity index (χ1n) is 6.74. The summed E-state index contributed by atoms with van der Waals surface area (Å²) < 4.78 is 11.7. The average molecular weight is 394 g/mol. The molecular formula is C14H23IN2O3. The van der Waals surface area contributed by atoms with Gasteiger partial charge in [0, 0.05) is 19.6 Å². The molecule has 1 heterocycles. The van der Waals surface area contributed by atoms with Gasteiger partial charge in [-0.3, -0.25) is 0 Å². The van der Waals surface area contributed by atoms with Crippen LogP contribution in [0.3, 0.4) is 0 Å². The van der Waals surface area contributed by atoms with E-state index in [9.17, 15) is 4.79 Å².